The van der Waals surface area contributed by atoms with Gasteiger partial charge in [0.05, 0.1) is 5.52 Å². The lowest BCUT2D eigenvalue weighted by molar-refractivity contribution is -0.140. The minimum absolute atomic E-state index is 0.146. The highest BCUT2D eigenvalue weighted by atomic mass is 16.4. The standard InChI is InChI=1S/C16H18N2O3/c1-3-10(2)14(16(20)21)18-15(19)13-9-8-11-6-4-5-7-12(11)17-13/h4-10,14H,3H2,1-2H3,(H,18,19)(H,20,21)/t10-,14+/m0/s1. The van der Waals surface area contributed by atoms with Crippen LogP contribution in [0.5, 0.6) is 0 Å². The van der Waals surface area contributed by atoms with Gasteiger partial charge in [0.2, 0.25) is 0 Å². The van der Waals surface area contributed by atoms with Crippen LogP contribution in [0, 0.1) is 5.92 Å². The van der Waals surface area contributed by atoms with Gasteiger partial charge in [0.15, 0.2) is 0 Å². The zero-order valence-corrected chi connectivity index (χ0v) is 12.0. The summed E-state index contributed by atoms with van der Waals surface area (Å²) >= 11 is 0. The molecule has 21 heavy (non-hydrogen) atoms. The molecule has 2 aromatic rings. The first-order valence-electron chi connectivity index (χ1n) is 6.92. The fourth-order valence-corrected chi connectivity index (χ4v) is 2.09. The third kappa shape index (κ3) is 3.37. The molecule has 0 radical (unpaired) electrons. The summed E-state index contributed by atoms with van der Waals surface area (Å²) in [6, 6.07) is 9.96. The number of carboxylic acid groups (broad SMARTS) is 1. The van der Waals surface area contributed by atoms with E-state index in [1.165, 1.54) is 0 Å². The van der Waals surface area contributed by atoms with Crippen LogP contribution in [0.15, 0.2) is 36.4 Å². The molecule has 110 valence electrons. The molecule has 0 unspecified atom stereocenters. The largest absolute Gasteiger partial charge is 0.480 e. The second kappa shape index (κ2) is 6.35. The maximum Gasteiger partial charge on any atom is 0.326 e. The van der Waals surface area contributed by atoms with E-state index in [4.69, 9.17) is 0 Å². The lowest BCUT2D eigenvalue weighted by atomic mass is 9.99. The van der Waals surface area contributed by atoms with Gasteiger partial charge in [-0.15, -0.1) is 0 Å². The zero-order valence-electron chi connectivity index (χ0n) is 12.0. The Morgan fingerprint density at radius 3 is 2.62 bits per heavy atom. The number of carbonyl (C=O) groups excluding carboxylic acids is 1. The molecule has 2 N–H and O–H groups in total. The number of fused-ring (bicyclic) bond motifs is 1. The Labute approximate surface area is 123 Å². The van der Waals surface area contributed by atoms with Crippen molar-refractivity contribution in [1.29, 1.82) is 0 Å². The monoisotopic (exact) mass is 286 g/mol. The number of nitrogens with one attached hydrogen (secondary N) is 1. The van der Waals surface area contributed by atoms with Crippen LogP contribution < -0.4 is 5.32 Å². The second-order valence-corrected chi connectivity index (χ2v) is 5.06. The van der Waals surface area contributed by atoms with Crippen molar-refractivity contribution in [2.45, 2.75) is 26.3 Å². The van der Waals surface area contributed by atoms with Gasteiger partial charge in [-0.1, -0.05) is 44.5 Å². The van der Waals surface area contributed by atoms with Crippen molar-refractivity contribution in [2.24, 2.45) is 5.92 Å². The molecule has 0 saturated carbocycles. The highest BCUT2D eigenvalue weighted by Crippen LogP contribution is 2.13. The Hall–Kier alpha value is -2.43. The number of aromatic nitrogens is 1. The Morgan fingerprint density at radius 1 is 1.24 bits per heavy atom. The number of nitrogens with zero attached hydrogens (tertiary/aromatic N) is 1. The first-order valence-corrected chi connectivity index (χ1v) is 6.92. The van der Waals surface area contributed by atoms with E-state index in [0.717, 1.165) is 5.39 Å². The summed E-state index contributed by atoms with van der Waals surface area (Å²) in [5, 5.41) is 12.7. The van der Waals surface area contributed by atoms with Crippen molar-refractivity contribution in [3.63, 3.8) is 0 Å². The molecule has 1 aromatic heterocycles. The number of aliphatic carboxylic acids is 1. The molecule has 2 atom stereocenters. The van der Waals surface area contributed by atoms with Crippen molar-refractivity contribution < 1.29 is 14.7 Å². The maximum absolute atomic E-state index is 12.2. The predicted molar refractivity (Wildman–Crippen MR) is 80.1 cm³/mol. The first-order chi connectivity index (χ1) is 10.0. The normalized spacial score (nSPS) is 13.6. The van der Waals surface area contributed by atoms with Gasteiger partial charge >= 0.3 is 5.97 Å². The van der Waals surface area contributed by atoms with Crippen molar-refractivity contribution >= 4 is 22.8 Å². The minimum Gasteiger partial charge on any atom is -0.480 e. The van der Waals surface area contributed by atoms with Gasteiger partial charge in [-0.3, -0.25) is 4.79 Å². The number of rotatable bonds is 5. The number of hydrogen-bond donors (Lipinski definition) is 2. The fourth-order valence-electron chi connectivity index (χ4n) is 2.09. The molecular formula is C16H18N2O3. The average molecular weight is 286 g/mol. The molecule has 1 heterocycles. The predicted octanol–water partition coefficient (Wildman–Crippen LogP) is 2.46. The zero-order chi connectivity index (χ0) is 15.4. The lowest BCUT2D eigenvalue weighted by Gasteiger charge is -2.19. The Balaban J connectivity index is 2.23. The molecule has 5 heteroatoms. The summed E-state index contributed by atoms with van der Waals surface area (Å²) in [6.45, 7) is 3.69. The maximum atomic E-state index is 12.2. The van der Waals surface area contributed by atoms with E-state index in [1.807, 2.05) is 31.2 Å². The number of benzene rings is 1. The van der Waals surface area contributed by atoms with E-state index >= 15 is 0 Å². The Morgan fingerprint density at radius 2 is 1.95 bits per heavy atom. The molecule has 0 saturated heterocycles. The highest BCUT2D eigenvalue weighted by molar-refractivity contribution is 5.97. The topological polar surface area (TPSA) is 79.3 Å². The summed E-state index contributed by atoms with van der Waals surface area (Å²) in [5.41, 5.74) is 0.934. The van der Waals surface area contributed by atoms with Crippen LogP contribution in [0.1, 0.15) is 30.8 Å². The van der Waals surface area contributed by atoms with Crippen LogP contribution in [-0.2, 0) is 4.79 Å². The van der Waals surface area contributed by atoms with E-state index in [2.05, 4.69) is 10.3 Å². The summed E-state index contributed by atoms with van der Waals surface area (Å²) in [7, 11) is 0. The summed E-state index contributed by atoms with van der Waals surface area (Å²) in [6.07, 6.45) is 0.669. The number of pyridine rings is 1. The lowest BCUT2D eigenvalue weighted by Crippen LogP contribution is -2.45. The van der Waals surface area contributed by atoms with E-state index < -0.39 is 17.9 Å². The molecule has 0 aliphatic carbocycles. The second-order valence-electron chi connectivity index (χ2n) is 5.06. The molecule has 0 spiro atoms. The van der Waals surface area contributed by atoms with Crippen molar-refractivity contribution in [3.05, 3.63) is 42.1 Å². The molecule has 0 aliphatic heterocycles. The summed E-state index contributed by atoms with van der Waals surface area (Å²) < 4.78 is 0. The third-order valence-corrected chi connectivity index (χ3v) is 3.60. The van der Waals surface area contributed by atoms with E-state index in [0.29, 0.717) is 11.9 Å². The molecule has 1 amide bonds. The number of carbonyl (C=O) groups is 2. The van der Waals surface area contributed by atoms with Crippen LogP contribution in [-0.4, -0.2) is 28.0 Å². The van der Waals surface area contributed by atoms with E-state index in [9.17, 15) is 14.7 Å². The van der Waals surface area contributed by atoms with Gasteiger partial charge in [0.25, 0.3) is 5.91 Å². The van der Waals surface area contributed by atoms with E-state index in [1.54, 1.807) is 19.1 Å². The SMILES string of the molecule is CC[C@H](C)[C@@H](NC(=O)c1ccc2ccccc2n1)C(=O)O. The smallest absolute Gasteiger partial charge is 0.326 e. The molecular weight excluding hydrogens is 268 g/mol. The van der Waals surface area contributed by atoms with Gasteiger partial charge in [0, 0.05) is 5.39 Å². The first kappa shape index (κ1) is 15.0. The van der Waals surface area contributed by atoms with Gasteiger partial charge < -0.3 is 10.4 Å². The van der Waals surface area contributed by atoms with Crippen LogP contribution in [0.25, 0.3) is 10.9 Å². The van der Waals surface area contributed by atoms with Crippen LogP contribution in [0.3, 0.4) is 0 Å². The summed E-state index contributed by atoms with van der Waals surface area (Å²) in [4.78, 5) is 27.7. The quantitative estimate of drug-likeness (QED) is 0.885. The van der Waals surface area contributed by atoms with Crippen LogP contribution >= 0.6 is 0 Å². The molecule has 1 aromatic carbocycles. The molecule has 0 bridgehead atoms. The number of para-hydroxylation sites is 1. The van der Waals surface area contributed by atoms with Crippen molar-refractivity contribution in [3.8, 4) is 0 Å². The Kier molecular flexibility index (Phi) is 4.52. The van der Waals surface area contributed by atoms with Crippen LogP contribution in [0.2, 0.25) is 0 Å². The summed E-state index contributed by atoms with van der Waals surface area (Å²) in [5.74, 6) is -1.64. The van der Waals surface area contributed by atoms with Gasteiger partial charge in [-0.25, -0.2) is 9.78 Å². The molecule has 0 fully saturated rings. The number of hydrogen-bond acceptors (Lipinski definition) is 3. The Bertz CT molecular complexity index is 669. The third-order valence-electron chi connectivity index (χ3n) is 3.60. The van der Waals surface area contributed by atoms with Gasteiger partial charge in [0.1, 0.15) is 11.7 Å². The van der Waals surface area contributed by atoms with Gasteiger partial charge in [-0.05, 0) is 18.1 Å². The van der Waals surface area contributed by atoms with Crippen LogP contribution in [0.4, 0.5) is 0 Å². The minimum atomic E-state index is -1.03. The van der Waals surface area contributed by atoms with Crippen molar-refractivity contribution in [2.75, 3.05) is 0 Å². The highest BCUT2D eigenvalue weighted by Gasteiger charge is 2.26. The molecule has 0 aliphatic rings. The number of carboxylic acids is 1. The molecule has 2 rings (SSSR count). The number of amides is 1. The van der Waals surface area contributed by atoms with Gasteiger partial charge in [-0.2, -0.15) is 0 Å². The molecule has 5 nitrogen and oxygen atoms in total. The van der Waals surface area contributed by atoms with Crippen molar-refractivity contribution in [1.82, 2.24) is 10.3 Å². The average Bonchev–Trinajstić information content (AvgIpc) is 2.50. The van der Waals surface area contributed by atoms with E-state index in [-0.39, 0.29) is 11.6 Å². The fraction of sp³-hybridized carbons (Fsp3) is 0.312.